The maximum Gasteiger partial charge on any atom is 0.253 e. The first-order chi connectivity index (χ1) is 11.1. The number of rotatable bonds is 4. The maximum absolute atomic E-state index is 12.4. The van der Waals surface area contributed by atoms with Crippen LogP contribution in [-0.2, 0) is 4.79 Å². The lowest BCUT2D eigenvalue weighted by atomic mass is 10.00. The summed E-state index contributed by atoms with van der Waals surface area (Å²) in [5.41, 5.74) is 7.35. The van der Waals surface area contributed by atoms with E-state index in [1.807, 2.05) is 23.1 Å². The molecule has 2 amide bonds. The number of likely N-dealkylation sites (tertiary alicyclic amines) is 1. The van der Waals surface area contributed by atoms with Gasteiger partial charge in [-0.05, 0) is 49.8 Å². The van der Waals surface area contributed by atoms with Gasteiger partial charge in [-0.2, -0.15) is 0 Å². The monoisotopic (exact) mass is 351 g/mol. The number of anilines is 1. The number of hydrogen-bond acceptors (Lipinski definition) is 3. The van der Waals surface area contributed by atoms with Gasteiger partial charge < -0.3 is 16.0 Å². The highest BCUT2D eigenvalue weighted by Crippen LogP contribution is 2.27. The van der Waals surface area contributed by atoms with Crippen LogP contribution in [0.1, 0.15) is 48.9 Å². The van der Waals surface area contributed by atoms with Crippen LogP contribution in [0.4, 0.5) is 5.69 Å². The van der Waals surface area contributed by atoms with Gasteiger partial charge in [-0.25, -0.2) is 0 Å². The molecular formula is C18H26ClN3O2. The van der Waals surface area contributed by atoms with Gasteiger partial charge in [0.1, 0.15) is 0 Å². The summed E-state index contributed by atoms with van der Waals surface area (Å²) in [5.74, 6) is 0.318. The molecular weight excluding hydrogens is 326 g/mol. The minimum atomic E-state index is -0.0156. The van der Waals surface area contributed by atoms with Crippen molar-refractivity contribution in [3.8, 4) is 0 Å². The first-order valence-electron chi connectivity index (χ1n) is 8.58. The Bertz CT molecular complexity index is 587. The summed E-state index contributed by atoms with van der Waals surface area (Å²) >= 11 is 0. The fourth-order valence-corrected chi connectivity index (χ4v) is 3.60. The number of benzene rings is 1. The van der Waals surface area contributed by atoms with E-state index >= 15 is 0 Å². The Morgan fingerprint density at radius 2 is 1.92 bits per heavy atom. The summed E-state index contributed by atoms with van der Waals surface area (Å²) in [6.45, 7) is 1.66. The lowest BCUT2D eigenvalue weighted by molar-refractivity contribution is -0.117. The number of nitrogens with one attached hydrogen (secondary N) is 1. The van der Waals surface area contributed by atoms with Crippen LogP contribution < -0.4 is 11.1 Å². The summed E-state index contributed by atoms with van der Waals surface area (Å²) in [6.07, 6.45) is 5.76. The van der Waals surface area contributed by atoms with E-state index in [0.717, 1.165) is 45.2 Å². The lowest BCUT2D eigenvalue weighted by Crippen LogP contribution is -2.28. The second-order valence-corrected chi connectivity index (χ2v) is 6.69. The predicted molar refractivity (Wildman–Crippen MR) is 97.4 cm³/mol. The third kappa shape index (κ3) is 4.48. The quantitative estimate of drug-likeness (QED) is 0.875. The summed E-state index contributed by atoms with van der Waals surface area (Å²) < 4.78 is 0. The van der Waals surface area contributed by atoms with Crippen molar-refractivity contribution in [3.63, 3.8) is 0 Å². The molecule has 1 saturated heterocycles. The minimum absolute atomic E-state index is 0. The zero-order chi connectivity index (χ0) is 16.2. The van der Waals surface area contributed by atoms with Gasteiger partial charge in [0.2, 0.25) is 5.91 Å². The number of nitrogens with zero attached hydrogens (tertiary/aromatic N) is 1. The Hall–Kier alpha value is -1.59. The van der Waals surface area contributed by atoms with Crippen molar-refractivity contribution in [2.24, 2.45) is 11.7 Å². The molecule has 1 heterocycles. The smallest absolute Gasteiger partial charge is 0.253 e. The van der Waals surface area contributed by atoms with Crippen LogP contribution >= 0.6 is 12.4 Å². The topological polar surface area (TPSA) is 75.4 Å². The van der Waals surface area contributed by atoms with E-state index in [1.54, 1.807) is 6.07 Å². The van der Waals surface area contributed by atoms with Crippen molar-refractivity contribution in [1.82, 2.24) is 4.90 Å². The maximum atomic E-state index is 12.4. The molecule has 1 aliphatic carbocycles. The van der Waals surface area contributed by atoms with Crippen LogP contribution in [0.5, 0.6) is 0 Å². The van der Waals surface area contributed by atoms with Crippen LogP contribution in [0.2, 0.25) is 0 Å². The largest absolute Gasteiger partial charge is 0.339 e. The highest BCUT2D eigenvalue weighted by Gasteiger charge is 2.26. The van der Waals surface area contributed by atoms with Crippen molar-refractivity contribution in [1.29, 1.82) is 0 Å². The van der Waals surface area contributed by atoms with E-state index in [2.05, 4.69) is 5.32 Å². The van der Waals surface area contributed by atoms with Crippen LogP contribution in [0.3, 0.4) is 0 Å². The number of carbonyl (C=O) groups excluding carboxylic acids is 2. The zero-order valence-corrected chi connectivity index (χ0v) is 14.7. The Labute approximate surface area is 149 Å². The fourth-order valence-electron chi connectivity index (χ4n) is 3.60. The third-order valence-electron chi connectivity index (χ3n) is 4.95. The molecule has 1 aliphatic heterocycles. The Morgan fingerprint density at radius 1 is 1.17 bits per heavy atom. The number of amides is 2. The molecule has 6 heteroatoms. The lowest BCUT2D eigenvalue weighted by Gasteiger charge is -2.17. The van der Waals surface area contributed by atoms with Crippen LogP contribution in [0.15, 0.2) is 24.3 Å². The standard InChI is InChI=1S/C18H25N3O2.ClH/c19-16-8-4-5-13(16)12-17(22)20-15-7-3-6-14(11-15)18(23)21-9-1-2-10-21;/h3,6-7,11,13,16H,1-2,4-5,8-10,12,19H2,(H,20,22);1H/t13-,16+;/m0./s1. The summed E-state index contributed by atoms with van der Waals surface area (Å²) in [5, 5.41) is 2.91. The molecule has 0 unspecified atom stereocenters. The molecule has 1 aromatic rings. The highest BCUT2D eigenvalue weighted by atomic mass is 35.5. The number of hydrogen-bond donors (Lipinski definition) is 2. The molecule has 24 heavy (non-hydrogen) atoms. The van der Waals surface area contributed by atoms with Crippen molar-refractivity contribution < 1.29 is 9.59 Å². The van der Waals surface area contributed by atoms with Crippen LogP contribution in [0, 0.1) is 5.92 Å². The van der Waals surface area contributed by atoms with Gasteiger partial charge in [-0.3, -0.25) is 9.59 Å². The van der Waals surface area contributed by atoms with Crippen molar-refractivity contribution in [3.05, 3.63) is 29.8 Å². The third-order valence-corrected chi connectivity index (χ3v) is 4.95. The Morgan fingerprint density at radius 3 is 2.58 bits per heavy atom. The summed E-state index contributed by atoms with van der Waals surface area (Å²) in [4.78, 5) is 26.5. The molecule has 5 nitrogen and oxygen atoms in total. The van der Waals surface area contributed by atoms with Gasteiger partial charge >= 0.3 is 0 Å². The number of carbonyl (C=O) groups is 2. The first kappa shape index (κ1) is 18.7. The predicted octanol–water partition coefficient (Wildman–Crippen LogP) is 2.80. The zero-order valence-electron chi connectivity index (χ0n) is 13.9. The second-order valence-electron chi connectivity index (χ2n) is 6.69. The van der Waals surface area contributed by atoms with E-state index in [9.17, 15) is 9.59 Å². The first-order valence-corrected chi connectivity index (χ1v) is 8.58. The molecule has 0 aromatic heterocycles. The molecule has 0 bridgehead atoms. The SMILES string of the molecule is Cl.N[C@@H]1CCC[C@H]1CC(=O)Nc1cccc(C(=O)N2CCCC2)c1. The van der Waals surface area contributed by atoms with Crippen molar-refractivity contribution in [2.75, 3.05) is 18.4 Å². The van der Waals surface area contributed by atoms with Crippen LogP contribution in [-0.4, -0.2) is 35.8 Å². The van der Waals surface area contributed by atoms with E-state index in [0.29, 0.717) is 17.7 Å². The normalized spacial score (nSPS) is 23.0. The van der Waals surface area contributed by atoms with Gasteiger partial charge in [-0.15, -0.1) is 12.4 Å². The molecule has 2 atom stereocenters. The van der Waals surface area contributed by atoms with Gasteiger partial charge in [-0.1, -0.05) is 12.5 Å². The average Bonchev–Trinajstić information content (AvgIpc) is 3.19. The molecule has 0 spiro atoms. The summed E-state index contributed by atoms with van der Waals surface area (Å²) in [6, 6.07) is 7.37. The summed E-state index contributed by atoms with van der Waals surface area (Å²) in [7, 11) is 0. The highest BCUT2D eigenvalue weighted by molar-refractivity contribution is 5.97. The van der Waals surface area contributed by atoms with Gasteiger partial charge in [0.15, 0.2) is 0 Å². The van der Waals surface area contributed by atoms with Gasteiger partial charge in [0.25, 0.3) is 5.91 Å². The molecule has 2 fully saturated rings. The van der Waals surface area contributed by atoms with Gasteiger partial charge in [0, 0.05) is 36.8 Å². The molecule has 3 N–H and O–H groups in total. The van der Waals surface area contributed by atoms with E-state index < -0.39 is 0 Å². The second kappa shape index (κ2) is 8.49. The number of nitrogens with two attached hydrogens (primary N) is 1. The Kier molecular flexibility index (Phi) is 6.63. The van der Waals surface area contributed by atoms with E-state index in [-0.39, 0.29) is 36.2 Å². The van der Waals surface area contributed by atoms with E-state index in [1.165, 1.54) is 0 Å². The van der Waals surface area contributed by atoms with E-state index in [4.69, 9.17) is 5.73 Å². The van der Waals surface area contributed by atoms with Crippen LogP contribution in [0.25, 0.3) is 0 Å². The fraction of sp³-hybridized carbons (Fsp3) is 0.556. The average molecular weight is 352 g/mol. The van der Waals surface area contributed by atoms with Crippen molar-refractivity contribution in [2.45, 2.75) is 44.6 Å². The number of halogens is 1. The van der Waals surface area contributed by atoms with Crippen molar-refractivity contribution >= 4 is 29.9 Å². The molecule has 0 radical (unpaired) electrons. The molecule has 1 aromatic carbocycles. The molecule has 2 aliphatic rings. The molecule has 1 saturated carbocycles. The molecule has 132 valence electrons. The Balaban J connectivity index is 0.00000208. The minimum Gasteiger partial charge on any atom is -0.339 e. The van der Waals surface area contributed by atoms with Gasteiger partial charge in [0.05, 0.1) is 0 Å². The molecule has 3 rings (SSSR count).